The molecule has 400 valence electrons. The van der Waals surface area contributed by atoms with Crippen molar-refractivity contribution in [3.05, 3.63) is 36.5 Å². The minimum atomic E-state index is -0.668. The van der Waals surface area contributed by atoms with E-state index in [-0.39, 0.29) is 18.5 Å². The minimum Gasteiger partial charge on any atom is -0.466 e. The number of aliphatic hydroxyl groups excluding tert-OH is 2. The van der Waals surface area contributed by atoms with Crippen molar-refractivity contribution in [3.63, 3.8) is 0 Å². The number of esters is 1. The highest BCUT2D eigenvalue weighted by molar-refractivity contribution is 5.76. The van der Waals surface area contributed by atoms with Crippen molar-refractivity contribution in [2.24, 2.45) is 0 Å². The third kappa shape index (κ3) is 53.4. The van der Waals surface area contributed by atoms with Crippen LogP contribution in [0, 0.1) is 0 Å². The van der Waals surface area contributed by atoms with Gasteiger partial charge >= 0.3 is 5.97 Å². The first-order chi connectivity index (χ1) is 33.5. The largest absolute Gasteiger partial charge is 0.466 e. The van der Waals surface area contributed by atoms with Crippen LogP contribution in [0.25, 0.3) is 0 Å². The maximum Gasteiger partial charge on any atom is 0.305 e. The van der Waals surface area contributed by atoms with Crippen LogP contribution >= 0.6 is 0 Å². The third-order valence-electron chi connectivity index (χ3n) is 13.9. The smallest absolute Gasteiger partial charge is 0.305 e. The topological polar surface area (TPSA) is 95.9 Å². The standard InChI is InChI=1S/C62H117NO5/c1-3-5-7-9-11-13-15-17-18-19-26-29-32-36-40-44-48-52-56-62(67)68-57-53-49-45-41-37-33-30-27-24-22-20-21-23-25-28-31-35-39-43-47-51-55-61(66)63-59(58-64)60(65)54-50-46-42-38-34-16-14-12-10-8-6-4-2/h13,15,18-19,21,23,59-60,64-65H,3-12,14,16-17,20,22,24-58H2,1-2H3,(H,63,66)/b15-13-,19-18-,23-21-. The summed E-state index contributed by atoms with van der Waals surface area (Å²) in [6.07, 6.45) is 71.4. The number of carbonyl (C=O) groups excluding carboxylic acids is 2. The van der Waals surface area contributed by atoms with Crippen LogP contribution < -0.4 is 5.32 Å². The van der Waals surface area contributed by atoms with Crippen molar-refractivity contribution >= 4 is 11.9 Å². The summed E-state index contributed by atoms with van der Waals surface area (Å²) in [5, 5.41) is 23.2. The molecule has 6 heteroatoms. The van der Waals surface area contributed by atoms with Crippen LogP contribution in [0.15, 0.2) is 36.5 Å². The van der Waals surface area contributed by atoms with Crippen LogP contribution in [0.5, 0.6) is 0 Å². The molecule has 0 aromatic heterocycles. The first-order valence-electron chi connectivity index (χ1n) is 30.2. The van der Waals surface area contributed by atoms with Gasteiger partial charge in [0, 0.05) is 12.8 Å². The van der Waals surface area contributed by atoms with Crippen molar-refractivity contribution in [1.29, 1.82) is 0 Å². The average Bonchev–Trinajstić information content (AvgIpc) is 3.34. The van der Waals surface area contributed by atoms with Gasteiger partial charge in [-0.05, 0) is 83.5 Å². The molecule has 0 aromatic rings. The Hall–Kier alpha value is -1.92. The molecule has 0 saturated heterocycles. The third-order valence-corrected chi connectivity index (χ3v) is 13.9. The number of unbranched alkanes of at least 4 members (excludes halogenated alkanes) is 39. The number of ether oxygens (including phenoxy) is 1. The van der Waals surface area contributed by atoms with Crippen molar-refractivity contribution < 1.29 is 24.5 Å². The zero-order valence-corrected chi connectivity index (χ0v) is 45.6. The van der Waals surface area contributed by atoms with Crippen molar-refractivity contribution in [2.45, 2.75) is 334 Å². The predicted octanol–water partition coefficient (Wildman–Crippen LogP) is 18.8. The van der Waals surface area contributed by atoms with E-state index in [1.54, 1.807) is 0 Å². The van der Waals surface area contributed by atoms with Gasteiger partial charge in [-0.15, -0.1) is 0 Å². The van der Waals surface area contributed by atoms with Gasteiger partial charge in [-0.2, -0.15) is 0 Å². The van der Waals surface area contributed by atoms with Gasteiger partial charge < -0.3 is 20.3 Å². The Labute approximate surface area is 424 Å². The second-order valence-corrected chi connectivity index (χ2v) is 20.7. The zero-order valence-electron chi connectivity index (χ0n) is 45.6. The number of allylic oxidation sites excluding steroid dienone is 6. The SMILES string of the molecule is CCCCCC/C=C\C/C=C\CCCCCCCCCC(=O)OCCCCCCCCCCCC/C=C\CCCCCCCCCC(=O)NC(CO)C(O)CCCCCCCCCCCCCC. The molecule has 0 aliphatic rings. The van der Waals surface area contributed by atoms with Crippen molar-refractivity contribution in [1.82, 2.24) is 5.32 Å². The van der Waals surface area contributed by atoms with Gasteiger partial charge in [-0.25, -0.2) is 0 Å². The number of amides is 1. The summed E-state index contributed by atoms with van der Waals surface area (Å²) in [4.78, 5) is 24.5. The highest BCUT2D eigenvalue weighted by atomic mass is 16.5. The highest BCUT2D eigenvalue weighted by Gasteiger charge is 2.20. The quantitative estimate of drug-likeness (QED) is 0.0321. The Bertz CT molecular complexity index is 1100. The first-order valence-corrected chi connectivity index (χ1v) is 30.2. The molecule has 0 rings (SSSR count). The van der Waals surface area contributed by atoms with E-state index in [1.165, 1.54) is 238 Å². The molecule has 0 aliphatic heterocycles. The number of aliphatic hydroxyl groups is 2. The maximum atomic E-state index is 12.4. The molecule has 0 spiro atoms. The van der Waals surface area contributed by atoms with E-state index in [9.17, 15) is 19.8 Å². The number of carbonyl (C=O) groups is 2. The highest BCUT2D eigenvalue weighted by Crippen LogP contribution is 2.17. The molecule has 6 nitrogen and oxygen atoms in total. The van der Waals surface area contributed by atoms with E-state index in [0.717, 1.165) is 51.4 Å². The molecule has 68 heavy (non-hydrogen) atoms. The van der Waals surface area contributed by atoms with Gasteiger partial charge in [-0.1, -0.05) is 262 Å². The molecular weight excluding hydrogens is 839 g/mol. The van der Waals surface area contributed by atoms with E-state index in [1.807, 2.05) is 0 Å². The van der Waals surface area contributed by atoms with Gasteiger partial charge in [0.25, 0.3) is 0 Å². The van der Waals surface area contributed by atoms with Crippen LogP contribution in [-0.4, -0.2) is 47.4 Å². The Morgan fingerprint density at radius 1 is 0.412 bits per heavy atom. The fourth-order valence-corrected chi connectivity index (χ4v) is 9.25. The number of hydrogen-bond acceptors (Lipinski definition) is 5. The predicted molar refractivity (Wildman–Crippen MR) is 296 cm³/mol. The Balaban J connectivity index is 3.41. The van der Waals surface area contributed by atoms with Gasteiger partial charge in [0.15, 0.2) is 0 Å². The molecule has 2 unspecified atom stereocenters. The molecule has 0 aromatic carbocycles. The van der Waals surface area contributed by atoms with E-state index < -0.39 is 12.1 Å². The second kappa shape index (κ2) is 57.7. The lowest BCUT2D eigenvalue weighted by Crippen LogP contribution is -2.45. The summed E-state index contributed by atoms with van der Waals surface area (Å²) in [5.41, 5.74) is 0. The summed E-state index contributed by atoms with van der Waals surface area (Å²) in [7, 11) is 0. The second-order valence-electron chi connectivity index (χ2n) is 20.7. The fraction of sp³-hybridized carbons (Fsp3) is 0.871. The van der Waals surface area contributed by atoms with Crippen molar-refractivity contribution in [3.8, 4) is 0 Å². The first kappa shape index (κ1) is 66.1. The average molecular weight is 957 g/mol. The lowest BCUT2D eigenvalue weighted by molar-refractivity contribution is -0.143. The van der Waals surface area contributed by atoms with Crippen LogP contribution in [0.2, 0.25) is 0 Å². The van der Waals surface area contributed by atoms with Crippen LogP contribution in [0.1, 0.15) is 322 Å². The maximum absolute atomic E-state index is 12.4. The Morgan fingerprint density at radius 3 is 1.15 bits per heavy atom. The summed E-state index contributed by atoms with van der Waals surface area (Å²) in [6.45, 7) is 4.93. The molecule has 0 fully saturated rings. The Morgan fingerprint density at radius 2 is 0.735 bits per heavy atom. The van der Waals surface area contributed by atoms with Crippen molar-refractivity contribution in [2.75, 3.05) is 13.2 Å². The summed E-state index contributed by atoms with van der Waals surface area (Å²) < 4.78 is 5.49. The number of nitrogens with one attached hydrogen (secondary N) is 1. The number of rotatable bonds is 56. The van der Waals surface area contributed by atoms with Gasteiger partial charge in [-0.3, -0.25) is 9.59 Å². The van der Waals surface area contributed by atoms with Gasteiger partial charge in [0.1, 0.15) is 0 Å². The molecule has 0 heterocycles. The van der Waals surface area contributed by atoms with Crippen LogP contribution in [-0.2, 0) is 14.3 Å². The molecule has 1 amide bonds. The zero-order chi connectivity index (χ0) is 49.3. The molecule has 2 atom stereocenters. The lowest BCUT2D eigenvalue weighted by Gasteiger charge is -2.22. The normalized spacial score (nSPS) is 12.8. The lowest BCUT2D eigenvalue weighted by atomic mass is 10.0. The molecule has 3 N–H and O–H groups in total. The van der Waals surface area contributed by atoms with Gasteiger partial charge in [0.05, 0.1) is 25.4 Å². The molecule has 0 saturated carbocycles. The van der Waals surface area contributed by atoms with Gasteiger partial charge in [0.2, 0.25) is 5.91 Å². The van der Waals surface area contributed by atoms with Crippen LogP contribution in [0.4, 0.5) is 0 Å². The summed E-state index contributed by atoms with van der Waals surface area (Å²) in [6, 6.07) is -0.546. The minimum absolute atomic E-state index is 0.000817. The molecule has 0 aliphatic carbocycles. The summed E-state index contributed by atoms with van der Waals surface area (Å²) >= 11 is 0. The fourth-order valence-electron chi connectivity index (χ4n) is 9.25. The van der Waals surface area contributed by atoms with E-state index in [0.29, 0.717) is 25.9 Å². The monoisotopic (exact) mass is 956 g/mol. The van der Waals surface area contributed by atoms with E-state index >= 15 is 0 Å². The molecule has 0 radical (unpaired) electrons. The van der Waals surface area contributed by atoms with E-state index in [4.69, 9.17) is 4.74 Å². The Kier molecular flexibility index (Phi) is 56.0. The molecule has 0 bridgehead atoms. The summed E-state index contributed by atoms with van der Waals surface area (Å²) in [5.74, 6) is -0.0423. The molecular formula is C62H117NO5. The van der Waals surface area contributed by atoms with E-state index in [2.05, 4.69) is 55.6 Å². The number of hydrogen-bond donors (Lipinski definition) is 3. The van der Waals surface area contributed by atoms with Crippen LogP contribution in [0.3, 0.4) is 0 Å².